The van der Waals surface area contributed by atoms with Gasteiger partial charge in [-0.1, -0.05) is 6.07 Å². The maximum Gasteiger partial charge on any atom is 0.275 e. The summed E-state index contributed by atoms with van der Waals surface area (Å²) < 4.78 is 0. The highest BCUT2D eigenvalue weighted by Gasteiger charge is 2.17. The monoisotopic (exact) mass is 338 g/mol. The molecular weight excluding hydrogens is 324 g/mol. The van der Waals surface area contributed by atoms with Crippen LogP contribution in [0.4, 0.5) is 11.4 Å². The Hall–Kier alpha value is -3.55. The summed E-state index contributed by atoms with van der Waals surface area (Å²) in [6.07, 6.45) is 0. The van der Waals surface area contributed by atoms with Gasteiger partial charge in [0.2, 0.25) is 5.91 Å². The van der Waals surface area contributed by atoms with Gasteiger partial charge in [0, 0.05) is 24.6 Å². The molecule has 0 bridgehead atoms. The lowest BCUT2D eigenvalue weighted by molar-refractivity contribution is -0.384. The second kappa shape index (κ2) is 6.16. The molecule has 25 heavy (non-hydrogen) atoms. The van der Waals surface area contributed by atoms with E-state index in [1.807, 2.05) is 13.0 Å². The van der Waals surface area contributed by atoms with Gasteiger partial charge in [0.1, 0.15) is 5.69 Å². The van der Waals surface area contributed by atoms with E-state index in [0.717, 1.165) is 5.56 Å². The number of carbonyl (C=O) groups excluding carboxylic acids is 1. The Morgan fingerprint density at radius 1 is 1.24 bits per heavy atom. The Balaban J connectivity index is 2.24. The third-order valence-corrected chi connectivity index (χ3v) is 3.63. The average molecular weight is 338 g/mol. The van der Waals surface area contributed by atoms with E-state index in [9.17, 15) is 19.7 Å². The van der Waals surface area contributed by atoms with E-state index in [1.165, 1.54) is 25.1 Å². The Kier molecular flexibility index (Phi) is 4.02. The van der Waals surface area contributed by atoms with Crippen molar-refractivity contribution in [2.24, 2.45) is 0 Å². The first kappa shape index (κ1) is 16.3. The first-order valence-electron chi connectivity index (χ1n) is 7.42. The number of aryl methyl sites for hydroxylation is 1. The molecule has 1 amide bonds. The van der Waals surface area contributed by atoms with Crippen molar-refractivity contribution in [3.8, 4) is 11.3 Å². The fourth-order valence-electron chi connectivity index (χ4n) is 2.53. The molecular formula is C17H14N4O4. The number of rotatable bonds is 3. The number of aromatic amines is 1. The van der Waals surface area contributed by atoms with Crippen molar-refractivity contribution in [2.45, 2.75) is 13.8 Å². The topological polar surface area (TPSA) is 118 Å². The molecule has 0 unspecified atom stereocenters. The number of hydrogen-bond acceptors (Lipinski definition) is 5. The summed E-state index contributed by atoms with van der Waals surface area (Å²) in [7, 11) is 0. The number of amides is 1. The Morgan fingerprint density at radius 3 is 2.68 bits per heavy atom. The summed E-state index contributed by atoms with van der Waals surface area (Å²) in [5.74, 6) is -0.408. The van der Waals surface area contributed by atoms with Crippen molar-refractivity contribution < 1.29 is 9.72 Å². The predicted molar refractivity (Wildman–Crippen MR) is 93.5 cm³/mol. The van der Waals surface area contributed by atoms with Crippen LogP contribution >= 0.6 is 0 Å². The van der Waals surface area contributed by atoms with Gasteiger partial charge in [-0.05, 0) is 30.7 Å². The number of fused-ring (bicyclic) bond motifs is 1. The molecule has 0 saturated carbocycles. The van der Waals surface area contributed by atoms with Crippen LogP contribution in [0.3, 0.4) is 0 Å². The zero-order valence-corrected chi connectivity index (χ0v) is 13.5. The normalized spacial score (nSPS) is 10.6. The molecule has 2 aromatic carbocycles. The molecule has 126 valence electrons. The number of nitro benzene ring substituents is 1. The van der Waals surface area contributed by atoms with Crippen LogP contribution in [0.1, 0.15) is 12.5 Å². The number of benzene rings is 2. The first-order valence-corrected chi connectivity index (χ1v) is 7.42. The molecule has 3 aromatic rings. The number of nitrogens with zero attached hydrogens (tertiary/aromatic N) is 2. The van der Waals surface area contributed by atoms with Crippen molar-refractivity contribution in [2.75, 3.05) is 5.32 Å². The highest BCUT2D eigenvalue weighted by atomic mass is 16.6. The summed E-state index contributed by atoms with van der Waals surface area (Å²) in [6.45, 7) is 3.18. The van der Waals surface area contributed by atoms with Crippen LogP contribution < -0.4 is 10.9 Å². The smallest absolute Gasteiger partial charge is 0.275 e. The molecule has 0 spiro atoms. The predicted octanol–water partition coefficient (Wildman–Crippen LogP) is 2.77. The summed E-state index contributed by atoms with van der Waals surface area (Å²) in [6, 6.07) is 9.31. The number of hydrogen-bond donors (Lipinski definition) is 2. The van der Waals surface area contributed by atoms with Crippen LogP contribution in [0, 0.1) is 17.0 Å². The fraction of sp³-hybridized carbons (Fsp3) is 0.118. The van der Waals surface area contributed by atoms with E-state index in [4.69, 9.17) is 0 Å². The molecule has 3 rings (SSSR count). The summed E-state index contributed by atoms with van der Waals surface area (Å²) >= 11 is 0. The third-order valence-electron chi connectivity index (χ3n) is 3.63. The van der Waals surface area contributed by atoms with Crippen molar-refractivity contribution in [3.05, 3.63) is 62.4 Å². The molecule has 0 saturated heterocycles. The van der Waals surface area contributed by atoms with E-state index in [2.05, 4.69) is 15.3 Å². The number of nitrogens with one attached hydrogen (secondary N) is 2. The van der Waals surface area contributed by atoms with Gasteiger partial charge < -0.3 is 10.3 Å². The molecule has 0 aliphatic carbocycles. The van der Waals surface area contributed by atoms with Crippen LogP contribution in [-0.4, -0.2) is 20.8 Å². The fourth-order valence-corrected chi connectivity index (χ4v) is 2.53. The second-order valence-electron chi connectivity index (χ2n) is 5.60. The highest BCUT2D eigenvalue weighted by Crippen LogP contribution is 2.29. The number of non-ortho nitro benzene ring substituents is 1. The van der Waals surface area contributed by atoms with Crippen molar-refractivity contribution >= 4 is 28.3 Å². The quantitative estimate of drug-likeness (QED) is 0.562. The maximum absolute atomic E-state index is 12.4. The molecule has 1 heterocycles. The van der Waals surface area contributed by atoms with Crippen molar-refractivity contribution in [1.82, 2.24) is 9.97 Å². The molecule has 0 aliphatic rings. The van der Waals surface area contributed by atoms with Crippen LogP contribution in [-0.2, 0) is 4.79 Å². The van der Waals surface area contributed by atoms with Crippen molar-refractivity contribution in [1.29, 1.82) is 0 Å². The largest absolute Gasteiger partial charge is 0.325 e. The molecule has 1 aromatic heterocycles. The van der Waals surface area contributed by atoms with Gasteiger partial charge in [0.05, 0.1) is 21.6 Å². The first-order chi connectivity index (χ1) is 11.8. The minimum Gasteiger partial charge on any atom is -0.325 e. The Morgan fingerprint density at radius 2 is 2.00 bits per heavy atom. The molecule has 0 atom stereocenters. The van der Waals surface area contributed by atoms with Gasteiger partial charge in [-0.3, -0.25) is 19.7 Å². The minimum absolute atomic E-state index is 0.0787. The van der Waals surface area contributed by atoms with Gasteiger partial charge in [-0.2, -0.15) is 0 Å². The van der Waals surface area contributed by atoms with Crippen molar-refractivity contribution in [3.63, 3.8) is 0 Å². The lowest BCUT2D eigenvalue weighted by Crippen LogP contribution is -2.14. The molecule has 0 radical (unpaired) electrons. The average Bonchev–Trinajstić information content (AvgIpc) is 2.53. The summed E-state index contributed by atoms with van der Waals surface area (Å²) in [5, 5.41) is 13.5. The molecule has 2 N–H and O–H groups in total. The summed E-state index contributed by atoms with van der Waals surface area (Å²) in [5.41, 5.74) is 2.06. The number of H-pyrrole nitrogens is 1. The summed E-state index contributed by atoms with van der Waals surface area (Å²) in [4.78, 5) is 41.4. The van der Waals surface area contributed by atoms with Crippen LogP contribution in [0.25, 0.3) is 22.3 Å². The lowest BCUT2D eigenvalue weighted by Gasteiger charge is -2.10. The maximum atomic E-state index is 12.4. The van der Waals surface area contributed by atoms with E-state index in [-0.39, 0.29) is 17.1 Å². The number of carbonyl (C=O) groups is 1. The van der Waals surface area contributed by atoms with Crippen LogP contribution in [0.2, 0.25) is 0 Å². The second-order valence-corrected chi connectivity index (χ2v) is 5.60. The molecule has 8 heteroatoms. The zero-order valence-electron chi connectivity index (χ0n) is 13.5. The lowest BCUT2D eigenvalue weighted by atomic mass is 10.1. The highest BCUT2D eigenvalue weighted by molar-refractivity contribution is 5.94. The van der Waals surface area contributed by atoms with Gasteiger partial charge in [-0.25, -0.2) is 4.98 Å². The number of nitro groups is 1. The molecule has 0 aliphatic heterocycles. The Labute approximate surface area is 141 Å². The third kappa shape index (κ3) is 3.23. The molecule has 0 fully saturated rings. The van der Waals surface area contributed by atoms with Crippen LogP contribution in [0.15, 0.2) is 41.2 Å². The SMILES string of the molecule is CC(=O)Nc1cc([N+](=O)[O-])ccc1-c1nc2ccc(C)cc2[nH]c1=O. The van der Waals surface area contributed by atoms with Gasteiger partial charge in [0.25, 0.3) is 11.2 Å². The van der Waals surface area contributed by atoms with Gasteiger partial charge in [0.15, 0.2) is 0 Å². The van der Waals surface area contributed by atoms with Gasteiger partial charge >= 0.3 is 0 Å². The molecule has 8 nitrogen and oxygen atoms in total. The number of aromatic nitrogens is 2. The standard InChI is InChI=1S/C17H14N4O4/c1-9-3-6-13-15(7-9)20-17(23)16(19-13)12-5-4-11(21(24)25)8-14(12)18-10(2)22/h3-8H,1-2H3,(H,18,22)(H,20,23). The van der Waals surface area contributed by atoms with Gasteiger partial charge in [-0.15, -0.1) is 0 Å². The zero-order chi connectivity index (χ0) is 18.1. The van der Waals surface area contributed by atoms with Crippen LogP contribution in [0.5, 0.6) is 0 Å². The number of anilines is 1. The van der Waals surface area contributed by atoms with E-state index < -0.39 is 16.4 Å². The van der Waals surface area contributed by atoms with E-state index >= 15 is 0 Å². The minimum atomic E-state index is -0.573. The van der Waals surface area contributed by atoms with E-state index in [0.29, 0.717) is 16.6 Å². The van der Waals surface area contributed by atoms with E-state index in [1.54, 1.807) is 12.1 Å². The Bertz CT molecular complexity index is 1070.